The lowest BCUT2D eigenvalue weighted by atomic mass is 10.2. The van der Waals surface area contributed by atoms with Gasteiger partial charge in [-0.05, 0) is 44.0 Å². The number of carbonyl (C=O) groups excluding carboxylic acids is 1. The predicted octanol–water partition coefficient (Wildman–Crippen LogP) is 4.25. The van der Waals surface area contributed by atoms with Gasteiger partial charge in [-0.3, -0.25) is 20.2 Å². The molecular formula is C13H6Br2N2O6. The summed E-state index contributed by atoms with van der Waals surface area (Å²) >= 11 is 6.40. The average molecular weight is 446 g/mol. The van der Waals surface area contributed by atoms with Gasteiger partial charge in [0.1, 0.15) is 0 Å². The van der Waals surface area contributed by atoms with E-state index in [2.05, 4.69) is 31.9 Å². The minimum absolute atomic E-state index is 0.159. The quantitative estimate of drug-likeness (QED) is 0.301. The number of hydrogen-bond donors (Lipinski definition) is 0. The van der Waals surface area contributed by atoms with Crippen molar-refractivity contribution in [1.29, 1.82) is 0 Å². The van der Waals surface area contributed by atoms with Crippen LogP contribution >= 0.6 is 31.9 Å². The van der Waals surface area contributed by atoms with Crippen molar-refractivity contribution in [3.05, 3.63) is 71.1 Å². The van der Waals surface area contributed by atoms with Gasteiger partial charge in [0.2, 0.25) is 0 Å². The zero-order chi connectivity index (χ0) is 17.1. The number of ether oxygens (including phenoxy) is 1. The number of carbonyl (C=O) groups is 1. The van der Waals surface area contributed by atoms with Crippen LogP contribution in [0.15, 0.2) is 45.3 Å². The number of halogens is 2. The van der Waals surface area contributed by atoms with Crippen LogP contribution in [0.25, 0.3) is 0 Å². The molecule has 0 bridgehead atoms. The molecule has 0 aliphatic rings. The molecule has 0 fully saturated rings. The van der Waals surface area contributed by atoms with E-state index in [1.54, 1.807) is 18.2 Å². The first-order valence-electron chi connectivity index (χ1n) is 5.89. The highest BCUT2D eigenvalue weighted by atomic mass is 79.9. The standard InChI is InChI=1S/C13H6Br2N2O6/c14-10-2-1-3-11(15)12(10)23-13(18)7-4-8(16(19)20)6-9(5-7)17(21)22/h1-6H. The molecule has 0 saturated heterocycles. The zero-order valence-electron chi connectivity index (χ0n) is 11.1. The SMILES string of the molecule is O=C(Oc1c(Br)cccc1Br)c1cc([N+](=O)[O-])cc([N+](=O)[O-])c1. The van der Waals surface area contributed by atoms with Gasteiger partial charge in [0, 0.05) is 12.1 Å². The van der Waals surface area contributed by atoms with E-state index in [9.17, 15) is 25.0 Å². The van der Waals surface area contributed by atoms with Crippen molar-refractivity contribution in [2.45, 2.75) is 0 Å². The summed E-state index contributed by atoms with van der Waals surface area (Å²) in [6, 6.07) is 7.56. The van der Waals surface area contributed by atoms with Crippen molar-refractivity contribution >= 4 is 49.2 Å². The number of nitrogens with zero attached hydrogens (tertiary/aromatic N) is 2. The highest BCUT2D eigenvalue weighted by molar-refractivity contribution is 9.11. The molecule has 0 atom stereocenters. The Morgan fingerprint density at radius 2 is 1.43 bits per heavy atom. The molecule has 10 heteroatoms. The smallest absolute Gasteiger partial charge is 0.344 e. The molecule has 118 valence electrons. The van der Waals surface area contributed by atoms with E-state index >= 15 is 0 Å². The van der Waals surface area contributed by atoms with Gasteiger partial charge >= 0.3 is 5.97 Å². The molecule has 23 heavy (non-hydrogen) atoms. The number of benzene rings is 2. The summed E-state index contributed by atoms with van der Waals surface area (Å²) in [5, 5.41) is 21.7. The number of nitro benzene ring substituents is 2. The summed E-state index contributed by atoms with van der Waals surface area (Å²) in [5.74, 6) is -0.795. The molecule has 0 unspecified atom stereocenters. The van der Waals surface area contributed by atoms with Gasteiger partial charge < -0.3 is 4.74 Å². The molecule has 0 radical (unpaired) electrons. The number of non-ortho nitro benzene ring substituents is 2. The van der Waals surface area contributed by atoms with Gasteiger partial charge in [-0.1, -0.05) is 6.07 Å². The highest BCUT2D eigenvalue weighted by Crippen LogP contribution is 2.34. The van der Waals surface area contributed by atoms with Gasteiger partial charge in [-0.15, -0.1) is 0 Å². The fourth-order valence-electron chi connectivity index (χ4n) is 1.66. The Morgan fingerprint density at radius 1 is 0.957 bits per heavy atom. The molecule has 2 rings (SSSR count). The maximum Gasteiger partial charge on any atom is 0.344 e. The summed E-state index contributed by atoms with van der Waals surface area (Å²) in [5.41, 5.74) is -1.44. The van der Waals surface area contributed by atoms with Crippen LogP contribution in [0.1, 0.15) is 10.4 Å². The third kappa shape index (κ3) is 3.90. The lowest BCUT2D eigenvalue weighted by Gasteiger charge is -2.08. The number of para-hydroxylation sites is 1. The lowest BCUT2D eigenvalue weighted by Crippen LogP contribution is -2.10. The van der Waals surface area contributed by atoms with Crippen molar-refractivity contribution in [3.63, 3.8) is 0 Å². The molecule has 0 spiro atoms. The van der Waals surface area contributed by atoms with Crippen molar-refractivity contribution in [1.82, 2.24) is 0 Å². The summed E-state index contributed by atoms with van der Waals surface area (Å²) in [4.78, 5) is 32.2. The first-order chi connectivity index (χ1) is 10.8. The molecule has 0 saturated carbocycles. The highest BCUT2D eigenvalue weighted by Gasteiger charge is 2.22. The summed E-state index contributed by atoms with van der Waals surface area (Å²) in [7, 11) is 0. The Kier molecular flexibility index (Phi) is 5.06. The van der Waals surface area contributed by atoms with Crippen molar-refractivity contribution in [3.8, 4) is 5.75 Å². The van der Waals surface area contributed by atoms with Crippen LogP contribution in [-0.4, -0.2) is 15.8 Å². The van der Waals surface area contributed by atoms with Crippen LogP contribution < -0.4 is 4.74 Å². The molecule has 2 aromatic rings. The van der Waals surface area contributed by atoms with Gasteiger partial charge in [0.05, 0.1) is 30.4 Å². The van der Waals surface area contributed by atoms with Crippen LogP contribution in [0.2, 0.25) is 0 Å². The Bertz CT molecular complexity index is 772. The summed E-state index contributed by atoms with van der Waals surface area (Å²) < 4.78 is 6.10. The first-order valence-corrected chi connectivity index (χ1v) is 7.48. The second-order valence-electron chi connectivity index (χ2n) is 4.19. The Balaban J connectivity index is 2.43. The van der Waals surface area contributed by atoms with Crippen molar-refractivity contribution < 1.29 is 19.4 Å². The molecule has 8 nitrogen and oxygen atoms in total. The molecule has 0 heterocycles. The van der Waals surface area contributed by atoms with Crippen molar-refractivity contribution in [2.24, 2.45) is 0 Å². The maximum absolute atomic E-state index is 12.2. The van der Waals surface area contributed by atoms with Crippen LogP contribution in [0.3, 0.4) is 0 Å². The first kappa shape index (κ1) is 17.0. The third-order valence-corrected chi connectivity index (χ3v) is 3.92. The summed E-state index contributed by atoms with van der Waals surface area (Å²) in [6.45, 7) is 0. The normalized spacial score (nSPS) is 10.2. The molecule has 0 aromatic heterocycles. The van der Waals surface area contributed by atoms with Crippen LogP contribution in [-0.2, 0) is 0 Å². The fraction of sp³-hybridized carbons (Fsp3) is 0. The van der Waals surface area contributed by atoms with E-state index in [0.717, 1.165) is 18.2 Å². The van der Waals surface area contributed by atoms with Gasteiger partial charge in [-0.25, -0.2) is 4.79 Å². The number of esters is 1. The topological polar surface area (TPSA) is 113 Å². The van der Waals surface area contributed by atoms with E-state index in [1.807, 2.05) is 0 Å². The van der Waals surface area contributed by atoms with Crippen molar-refractivity contribution in [2.75, 3.05) is 0 Å². The van der Waals surface area contributed by atoms with E-state index in [1.165, 1.54) is 0 Å². The Labute approximate surface area is 145 Å². The molecule has 0 aliphatic carbocycles. The second kappa shape index (κ2) is 6.84. The minimum atomic E-state index is -0.954. The molecule has 0 aliphatic heterocycles. The van der Waals surface area contributed by atoms with Gasteiger partial charge in [-0.2, -0.15) is 0 Å². The van der Waals surface area contributed by atoms with Crippen LogP contribution in [0.4, 0.5) is 11.4 Å². The molecule has 0 N–H and O–H groups in total. The molecule has 0 amide bonds. The average Bonchev–Trinajstić information content (AvgIpc) is 2.50. The monoisotopic (exact) mass is 444 g/mol. The fourth-order valence-corrected chi connectivity index (χ4v) is 2.82. The third-order valence-electron chi connectivity index (χ3n) is 2.67. The number of nitro groups is 2. The van der Waals surface area contributed by atoms with Crippen LogP contribution in [0.5, 0.6) is 5.75 Å². The van der Waals surface area contributed by atoms with E-state index < -0.39 is 27.2 Å². The van der Waals surface area contributed by atoms with E-state index in [-0.39, 0.29) is 11.3 Å². The van der Waals surface area contributed by atoms with E-state index in [0.29, 0.717) is 8.95 Å². The van der Waals surface area contributed by atoms with Crippen LogP contribution in [0, 0.1) is 20.2 Å². The second-order valence-corrected chi connectivity index (χ2v) is 5.90. The molecular weight excluding hydrogens is 440 g/mol. The maximum atomic E-state index is 12.2. The number of rotatable bonds is 4. The largest absolute Gasteiger partial charge is 0.420 e. The predicted molar refractivity (Wildman–Crippen MR) is 86.6 cm³/mol. The molecule has 2 aromatic carbocycles. The lowest BCUT2D eigenvalue weighted by molar-refractivity contribution is -0.394. The minimum Gasteiger partial charge on any atom is -0.420 e. The Morgan fingerprint density at radius 3 is 1.87 bits per heavy atom. The number of hydrogen-bond acceptors (Lipinski definition) is 6. The van der Waals surface area contributed by atoms with E-state index in [4.69, 9.17) is 4.74 Å². The van der Waals surface area contributed by atoms with Gasteiger partial charge in [0.15, 0.2) is 5.75 Å². The zero-order valence-corrected chi connectivity index (χ0v) is 14.2. The Hall–Kier alpha value is -2.33. The van der Waals surface area contributed by atoms with Gasteiger partial charge in [0.25, 0.3) is 11.4 Å². The summed E-state index contributed by atoms with van der Waals surface area (Å²) in [6.07, 6.45) is 0.